The molecule has 0 spiro atoms. The molecule has 1 aromatic carbocycles. The molecule has 4 nitrogen and oxygen atoms in total. The highest BCUT2D eigenvalue weighted by molar-refractivity contribution is 5.86. The van der Waals surface area contributed by atoms with Gasteiger partial charge in [-0.05, 0) is 35.7 Å². The number of nitrogens with one attached hydrogen (secondary N) is 1. The van der Waals surface area contributed by atoms with Crippen molar-refractivity contribution in [3.05, 3.63) is 48.0 Å². The van der Waals surface area contributed by atoms with Gasteiger partial charge in [0.25, 0.3) is 0 Å². The summed E-state index contributed by atoms with van der Waals surface area (Å²) in [6.07, 6.45) is 5.21. The van der Waals surface area contributed by atoms with Crippen LogP contribution in [0.4, 0.5) is 0 Å². The van der Waals surface area contributed by atoms with E-state index in [4.69, 9.17) is 0 Å². The molecule has 0 aromatic heterocycles. The lowest BCUT2D eigenvalue weighted by molar-refractivity contribution is -0.153. The smallest absolute Gasteiger partial charge is 0.307 e. The minimum atomic E-state index is -0.829. The van der Waals surface area contributed by atoms with Crippen LogP contribution in [-0.4, -0.2) is 17.0 Å². The summed E-state index contributed by atoms with van der Waals surface area (Å²) in [4.78, 5) is 24.3. The Morgan fingerprint density at radius 2 is 1.68 bits per heavy atom. The van der Waals surface area contributed by atoms with Crippen LogP contribution in [0.2, 0.25) is 0 Å². The van der Waals surface area contributed by atoms with Crippen LogP contribution in [0, 0.1) is 35.5 Å². The van der Waals surface area contributed by atoms with Gasteiger partial charge < -0.3 is 10.4 Å². The summed E-state index contributed by atoms with van der Waals surface area (Å²) in [5, 5.41) is 12.5. The van der Waals surface area contributed by atoms with Crippen molar-refractivity contribution in [3.63, 3.8) is 0 Å². The lowest BCUT2D eigenvalue weighted by Gasteiger charge is -2.41. The molecule has 1 amide bonds. The van der Waals surface area contributed by atoms with Crippen LogP contribution in [0.1, 0.15) is 12.0 Å². The second-order valence-electron chi connectivity index (χ2n) is 6.70. The van der Waals surface area contributed by atoms with Crippen LogP contribution in [0.15, 0.2) is 42.5 Å². The van der Waals surface area contributed by atoms with Gasteiger partial charge in [0.15, 0.2) is 0 Å². The largest absolute Gasteiger partial charge is 0.481 e. The van der Waals surface area contributed by atoms with Gasteiger partial charge in [-0.15, -0.1) is 0 Å². The summed E-state index contributed by atoms with van der Waals surface area (Å²) in [5.74, 6) is -0.751. The van der Waals surface area contributed by atoms with Gasteiger partial charge in [-0.25, -0.2) is 0 Å². The summed E-state index contributed by atoms with van der Waals surface area (Å²) < 4.78 is 0. The van der Waals surface area contributed by atoms with E-state index in [1.54, 1.807) is 0 Å². The minimum absolute atomic E-state index is 0.0416. The van der Waals surface area contributed by atoms with Gasteiger partial charge in [0.05, 0.1) is 11.8 Å². The summed E-state index contributed by atoms with van der Waals surface area (Å²) in [5.41, 5.74) is 1.03. The fourth-order valence-electron chi connectivity index (χ4n) is 4.47. The maximum atomic E-state index is 12.6. The van der Waals surface area contributed by atoms with E-state index in [0.717, 1.165) is 12.0 Å². The molecule has 1 aromatic rings. The molecule has 0 aliphatic heterocycles. The number of amides is 1. The predicted octanol–water partition coefficient (Wildman–Crippen LogP) is 2.07. The molecule has 2 fully saturated rings. The number of rotatable bonds is 4. The molecule has 0 radical (unpaired) electrons. The van der Waals surface area contributed by atoms with E-state index in [1.165, 1.54) is 0 Å². The Balaban J connectivity index is 1.51. The summed E-state index contributed by atoms with van der Waals surface area (Å²) >= 11 is 0. The van der Waals surface area contributed by atoms with Crippen molar-refractivity contribution in [2.45, 2.75) is 13.0 Å². The average molecular weight is 297 g/mol. The molecular formula is C18H19NO3. The molecule has 4 aliphatic carbocycles. The van der Waals surface area contributed by atoms with Crippen molar-refractivity contribution in [3.8, 4) is 0 Å². The number of carbonyl (C=O) groups excluding carboxylic acids is 1. The first-order chi connectivity index (χ1) is 10.7. The van der Waals surface area contributed by atoms with Crippen molar-refractivity contribution in [1.82, 2.24) is 5.32 Å². The van der Waals surface area contributed by atoms with Gasteiger partial charge in [0.2, 0.25) is 5.91 Å². The van der Waals surface area contributed by atoms with Crippen LogP contribution in [0.25, 0.3) is 0 Å². The molecular weight excluding hydrogens is 278 g/mol. The molecule has 22 heavy (non-hydrogen) atoms. The molecule has 4 aliphatic rings. The monoisotopic (exact) mass is 297 g/mol. The third-order valence-corrected chi connectivity index (χ3v) is 5.55. The zero-order chi connectivity index (χ0) is 15.3. The van der Waals surface area contributed by atoms with Crippen molar-refractivity contribution in [1.29, 1.82) is 0 Å². The molecule has 0 heterocycles. The van der Waals surface area contributed by atoms with E-state index in [2.05, 4.69) is 11.4 Å². The third-order valence-electron chi connectivity index (χ3n) is 5.55. The highest BCUT2D eigenvalue weighted by Gasteiger charge is 2.62. The molecule has 2 bridgehead atoms. The van der Waals surface area contributed by atoms with Crippen LogP contribution in [-0.2, 0) is 16.1 Å². The average Bonchev–Trinajstić information content (AvgIpc) is 3.35. The molecule has 114 valence electrons. The lowest BCUT2D eigenvalue weighted by atomic mass is 9.62. The van der Waals surface area contributed by atoms with E-state index in [-0.39, 0.29) is 17.7 Å². The number of carboxylic acid groups (broad SMARTS) is 1. The molecule has 2 saturated carbocycles. The summed E-state index contributed by atoms with van der Waals surface area (Å²) in [6.45, 7) is 0.456. The predicted molar refractivity (Wildman–Crippen MR) is 80.6 cm³/mol. The fraction of sp³-hybridized carbons (Fsp3) is 0.444. The van der Waals surface area contributed by atoms with Gasteiger partial charge >= 0.3 is 5.97 Å². The van der Waals surface area contributed by atoms with Crippen molar-refractivity contribution < 1.29 is 14.7 Å². The Hall–Kier alpha value is -2.10. The number of hydrogen-bond acceptors (Lipinski definition) is 2. The number of fused-ring (bicyclic) bond motifs is 1. The van der Waals surface area contributed by atoms with Gasteiger partial charge in [-0.3, -0.25) is 9.59 Å². The maximum absolute atomic E-state index is 12.6. The molecule has 0 saturated heterocycles. The Morgan fingerprint density at radius 3 is 2.32 bits per heavy atom. The Morgan fingerprint density at radius 1 is 1.05 bits per heavy atom. The first-order valence-electron chi connectivity index (χ1n) is 7.89. The van der Waals surface area contributed by atoms with E-state index < -0.39 is 17.8 Å². The zero-order valence-corrected chi connectivity index (χ0v) is 12.2. The normalized spacial score (nSPS) is 37.5. The molecule has 2 N–H and O–H groups in total. The van der Waals surface area contributed by atoms with Crippen molar-refractivity contribution >= 4 is 11.9 Å². The van der Waals surface area contributed by atoms with Gasteiger partial charge in [-0.1, -0.05) is 42.5 Å². The van der Waals surface area contributed by atoms with E-state index in [1.807, 2.05) is 36.4 Å². The van der Waals surface area contributed by atoms with E-state index >= 15 is 0 Å². The molecule has 5 rings (SSSR count). The lowest BCUT2D eigenvalue weighted by Crippen LogP contribution is -2.49. The number of benzene rings is 1. The quantitative estimate of drug-likeness (QED) is 0.836. The van der Waals surface area contributed by atoms with E-state index in [9.17, 15) is 14.7 Å². The van der Waals surface area contributed by atoms with Crippen LogP contribution in [0.5, 0.6) is 0 Å². The van der Waals surface area contributed by atoms with Crippen molar-refractivity contribution in [2.24, 2.45) is 35.5 Å². The summed E-state index contributed by atoms with van der Waals surface area (Å²) in [7, 11) is 0. The number of hydrogen-bond donors (Lipinski definition) is 2. The number of aliphatic carboxylic acids is 1. The first kappa shape index (κ1) is 13.6. The third kappa shape index (κ3) is 2.05. The van der Waals surface area contributed by atoms with Crippen molar-refractivity contribution in [2.75, 3.05) is 0 Å². The fourth-order valence-corrected chi connectivity index (χ4v) is 4.47. The molecule has 6 atom stereocenters. The molecule has 4 heteroatoms. The van der Waals surface area contributed by atoms with Gasteiger partial charge in [-0.2, -0.15) is 0 Å². The Labute approximate surface area is 129 Å². The standard InChI is InChI=1S/C18H19NO3/c20-17(19-9-10-4-2-1-3-5-10)15-11-6-7-12(14-8-13(11)14)16(15)18(21)22/h1-7,11-16H,8-9H2,(H,19,20)(H,21,22)/t11-,12-,13-,14-,15+,16+/m0/s1. The number of carboxylic acids is 1. The summed E-state index contributed by atoms with van der Waals surface area (Å²) in [6, 6.07) is 9.71. The Bertz CT molecular complexity index is 639. The van der Waals surface area contributed by atoms with Gasteiger partial charge in [0.1, 0.15) is 0 Å². The number of carbonyl (C=O) groups is 2. The second-order valence-corrected chi connectivity index (χ2v) is 6.70. The maximum Gasteiger partial charge on any atom is 0.307 e. The Kier molecular flexibility index (Phi) is 3.06. The van der Waals surface area contributed by atoms with Crippen LogP contribution in [0.3, 0.4) is 0 Å². The van der Waals surface area contributed by atoms with Crippen LogP contribution >= 0.6 is 0 Å². The highest BCUT2D eigenvalue weighted by atomic mass is 16.4. The van der Waals surface area contributed by atoms with Gasteiger partial charge in [0, 0.05) is 6.54 Å². The number of allylic oxidation sites excluding steroid dienone is 2. The second kappa shape index (κ2) is 4.97. The topological polar surface area (TPSA) is 66.4 Å². The minimum Gasteiger partial charge on any atom is -0.481 e. The molecule has 0 unspecified atom stereocenters. The highest BCUT2D eigenvalue weighted by Crippen LogP contribution is 2.63. The first-order valence-corrected chi connectivity index (χ1v) is 7.89. The zero-order valence-electron chi connectivity index (χ0n) is 12.2. The van der Waals surface area contributed by atoms with Crippen LogP contribution < -0.4 is 5.32 Å². The SMILES string of the molecule is O=C(O)[C@@H]1[C@H]2C=C[C@@H]([C@@H]3C[C@@H]23)[C@H]1C(=O)NCc1ccccc1. The van der Waals surface area contributed by atoms with E-state index in [0.29, 0.717) is 18.4 Å².